The number of benzene rings is 2. The van der Waals surface area contributed by atoms with Crippen molar-refractivity contribution in [2.75, 3.05) is 0 Å². The lowest BCUT2D eigenvalue weighted by atomic mass is 9.89. The van der Waals surface area contributed by atoms with Gasteiger partial charge < -0.3 is 9.84 Å². The van der Waals surface area contributed by atoms with E-state index >= 15 is 0 Å². The van der Waals surface area contributed by atoms with E-state index in [4.69, 9.17) is 4.74 Å². The molecule has 0 unspecified atom stereocenters. The van der Waals surface area contributed by atoms with Crippen molar-refractivity contribution in [3.8, 4) is 5.75 Å². The van der Waals surface area contributed by atoms with Gasteiger partial charge in [-0.2, -0.15) is 13.2 Å². The quantitative estimate of drug-likeness (QED) is 0.792. The van der Waals surface area contributed by atoms with Crippen molar-refractivity contribution < 1.29 is 27.8 Å². The van der Waals surface area contributed by atoms with E-state index in [9.17, 15) is 23.1 Å². The highest BCUT2D eigenvalue weighted by atomic mass is 19.4. The lowest BCUT2D eigenvalue weighted by Gasteiger charge is -2.28. The van der Waals surface area contributed by atoms with Gasteiger partial charge in [-0.1, -0.05) is 19.1 Å². The summed E-state index contributed by atoms with van der Waals surface area (Å²) in [5.41, 5.74) is -1.05. The molecule has 0 radical (unpaired) electrons. The Kier molecular flexibility index (Phi) is 4.62. The molecule has 1 aliphatic carbocycles. The number of hydrogen-bond acceptors (Lipinski definition) is 2. The highest BCUT2D eigenvalue weighted by Crippen LogP contribution is 2.43. The standard InChI is InChI=1S/C19H19F3O3/c1-11-5-7-12(8-6-11)25-16-10-9-13-14(17(16)19(20,21)22)3-2-4-15(13)18(23)24/h2-4,9-12H,5-8H2,1H3,(H,23,24). The molecule has 1 fully saturated rings. The van der Waals surface area contributed by atoms with Crippen LogP contribution in [0.25, 0.3) is 10.8 Å². The Labute approximate surface area is 143 Å². The third-order valence-corrected chi connectivity index (χ3v) is 4.79. The molecule has 25 heavy (non-hydrogen) atoms. The number of halogens is 3. The molecule has 2 aromatic rings. The number of alkyl halides is 3. The summed E-state index contributed by atoms with van der Waals surface area (Å²) in [5, 5.41) is 9.14. The molecule has 0 atom stereocenters. The fourth-order valence-electron chi connectivity index (χ4n) is 3.44. The van der Waals surface area contributed by atoms with Gasteiger partial charge in [-0.05, 0) is 60.6 Å². The molecule has 1 N–H and O–H groups in total. The molecule has 0 aromatic heterocycles. The van der Waals surface area contributed by atoms with Crippen LogP contribution >= 0.6 is 0 Å². The Morgan fingerprint density at radius 1 is 1.08 bits per heavy atom. The first-order chi connectivity index (χ1) is 11.8. The summed E-state index contributed by atoms with van der Waals surface area (Å²) in [6.07, 6.45) is -1.55. The van der Waals surface area contributed by atoms with Crippen molar-refractivity contribution in [1.82, 2.24) is 0 Å². The summed E-state index contributed by atoms with van der Waals surface area (Å²) >= 11 is 0. The van der Waals surface area contributed by atoms with Gasteiger partial charge in [-0.3, -0.25) is 0 Å². The first-order valence-electron chi connectivity index (χ1n) is 8.30. The molecule has 0 spiro atoms. The highest BCUT2D eigenvalue weighted by molar-refractivity contribution is 6.05. The van der Waals surface area contributed by atoms with Crippen molar-refractivity contribution in [3.63, 3.8) is 0 Å². The lowest BCUT2D eigenvalue weighted by Crippen LogP contribution is -2.24. The second-order valence-electron chi connectivity index (χ2n) is 6.64. The van der Waals surface area contributed by atoms with Crippen molar-refractivity contribution in [1.29, 1.82) is 0 Å². The molecule has 2 aromatic carbocycles. The van der Waals surface area contributed by atoms with Crippen LogP contribution in [0.1, 0.15) is 48.5 Å². The summed E-state index contributed by atoms with van der Waals surface area (Å²) < 4.78 is 46.8. The number of carbonyl (C=O) groups is 1. The van der Waals surface area contributed by atoms with Crippen molar-refractivity contribution in [2.24, 2.45) is 5.92 Å². The van der Waals surface area contributed by atoms with Gasteiger partial charge in [-0.25, -0.2) is 4.79 Å². The third-order valence-electron chi connectivity index (χ3n) is 4.79. The number of carboxylic acid groups (broad SMARTS) is 1. The zero-order valence-electron chi connectivity index (χ0n) is 13.8. The van der Waals surface area contributed by atoms with Crippen LogP contribution in [0.15, 0.2) is 30.3 Å². The number of aromatic carboxylic acids is 1. The van der Waals surface area contributed by atoms with E-state index in [1.165, 1.54) is 30.3 Å². The molecule has 3 rings (SSSR count). The average molecular weight is 352 g/mol. The summed E-state index contributed by atoms with van der Waals surface area (Å²) in [5.74, 6) is -0.910. The van der Waals surface area contributed by atoms with E-state index in [2.05, 4.69) is 6.92 Å². The second-order valence-corrected chi connectivity index (χ2v) is 6.64. The molecule has 3 nitrogen and oxygen atoms in total. The van der Waals surface area contributed by atoms with Gasteiger partial charge >= 0.3 is 12.1 Å². The topological polar surface area (TPSA) is 46.5 Å². The van der Waals surface area contributed by atoms with E-state index < -0.39 is 17.7 Å². The number of hydrogen-bond donors (Lipinski definition) is 1. The Hall–Kier alpha value is -2.24. The Bertz CT molecular complexity index is 790. The van der Waals surface area contributed by atoms with E-state index in [-0.39, 0.29) is 28.2 Å². The summed E-state index contributed by atoms with van der Waals surface area (Å²) in [6, 6.07) is 6.56. The monoisotopic (exact) mass is 352 g/mol. The maximum absolute atomic E-state index is 13.7. The number of ether oxygens (including phenoxy) is 1. The largest absolute Gasteiger partial charge is 0.490 e. The molecule has 0 bridgehead atoms. The van der Waals surface area contributed by atoms with Crippen LogP contribution in [0.4, 0.5) is 13.2 Å². The normalized spacial score (nSPS) is 21.3. The van der Waals surface area contributed by atoms with Gasteiger partial charge in [0.1, 0.15) is 11.3 Å². The van der Waals surface area contributed by atoms with Crippen molar-refractivity contribution >= 4 is 16.7 Å². The Morgan fingerprint density at radius 2 is 1.76 bits per heavy atom. The molecule has 0 amide bonds. The minimum atomic E-state index is -4.63. The van der Waals surface area contributed by atoms with Crippen molar-refractivity contribution in [2.45, 2.75) is 44.9 Å². The smallest absolute Gasteiger partial charge is 0.420 e. The maximum atomic E-state index is 13.7. The molecule has 6 heteroatoms. The zero-order valence-corrected chi connectivity index (χ0v) is 13.8. The van der Waals surface area contributed by atoms with Crippen LogP contribution in [0.5, 0.6) is 5.75 Å². The summed E-state index contributed by atoms with van der Waals surface area (Å²) in [6.45, 7) is 2.13. The number of rotatable bonds is 3. The van der Waals surface area contributed by atoms with Crippen LogP contribution < -0.4 is 4.74 Å². The fourth-order valence-corrected chi connectivity index (χ4v) is 3.44. The maximum Gasteiger partial charge on any atom is 0.420 e. The molecular weight excluding hydrogens is 333 g/mol. The van der Waals surface area contributed by atoms with Gasteiger partial charge in [0.05, 0.1) is 11.7 Å². The fraction of sp³-hybridized carbons (Fsp3) is 0.421. The minimum absolute atomic E-state index is 0.0620. The van der Waals surface area contributed by atoms with Crippen LogP contribution in [0.2, 0.25) is 0 Å². The van der Waals surface area contributed by atoms with Crippen LogP contribution in [0.3, 0.4) is 0 Å². The predicted molar refractivity (Wildman–Crippen MR) is 88.0 cm³/mol. The molecular formula is C19H19F3O3. The highest BCUT2D eigenvalue weighted by Gasteiger charge is 2.37. The van der Waals surface area contributed by atoms with Gasteiger partial charge in [0.2, 0.25) is 0 Å². The van der Waals surface area contributed by atoms with Crippen LogP contribution in [-0.4, -0.2) is 17.2 Å². The molecule has 0 heterocycles. The zero-order chi connectivity index (χ0) is 18.2. The first kappa shape index (κ1) is 17.6. The summed E-state index contributed by atoms with van der Waals surface area (Å²) in [7, 11) is 0. The first-order valence-corrected chi connectivity index (χ1v) is 8.30. The van der Waals surface area contributed by atoms with E-state index in [0.717, 1.165) is 25.7 Å². The van der Waals surface area contributed by atoms with Gasteiger partial charge in [0.25, 0.3) is 0 Å². The molecule has 134 valence electrons. The molecule has 0 saturated heterocycles. The summed E-state index contributed by atoms with van der Waals surface area (Å²) in [4.78, 5) is 11.3. The van der Waals surface area contributed by atoms with E-state index in [1.807, 2.05) is 0 Å². The Morgan fingerprint density at radius 3 is 2.36 bits per heavy atom. The lowest BCUT2D eigenvalue weighted by molar-refractivity contribution is -0.138. The van der Waals surface area contributed by atoms with E-state index in [1.54, 1.807) is 0 Å². The second kappa shape index (κ2) is 6.58. The SMILES string of the molecule is CC1CCC(Oc2ccc3c(C(=O)O)cccc3c2C(F)(F)F)CC1. The average Bonchev–Trinajstić information content (AvgIpc) is 2.54. The van der Waals surface area contributed by atoms with Gasteiger partial charge in [-0.15, -0.1) is 0 Å². The third kappa shape index (κ3) is 3.57. The van der Waals surface area contributed by atoms with Crippen LogP contribution in [0, 0.1) is 5.92 Å². The molecule has 1 aliphatic rings. The van der Waals surface area contributed by atoms with Crippen LogP contribution in [-0.2, 0) is 6.18 Å². The Balaban J connectivity index is 2.08. The van der Waals surface area contributed by atoms with Gasteiger partial charge in [0, 0.05) is 0 Å². The molecule has 0 aliphatic heterocycles. The van der Waals surface area contributed by atoms with Crippen molar-refractivity contribution in [3.05, 3.63) is 41.5 Å². The minimum Gasteiger partial charge on any atom is -0.490 e. The molecule has 1 saturated carbocycles. The predicted octanol–water partition coefficient (Wildman–Crippen LogP) is 5.51. The van der Waals surface area contributed by atoms with E-state index in [0.29, 0.717) is 5.92 Å². The number of carboxylic acids is 1. The van der Waals surface area contributed by atoms with Gasteiger partial charge in [0.15, 0.2) is 0 Å². The number of fused-ring (bicyclic) bond motifs is 1.